The Morgan fingerprint density at radius 2 is 2.21 bits per heavy atom. The molecule has 3 rings (SSSR count). The van der Waals surface area contributed by atoms with E-state index in [2.05, 4.69) is 34.3 Å². The highest BCUT2D eigenvalue weighted by Gasteiger charge is 2.10. The topological polar surface area (TPSA) is 50.2 Å². The van der Waals surface area contributed by atoms with Gasteiger partial charge in [-0.2, -0.15) is 5.10 Å². The fourth-order valence-electron chi connectivity index (χ4n) is 1.79. The lowest BCUT2D eigenvalue weighted by molar-refractivity contribution is 1.19. The molecule has 3 aromatic heterocycles. The standard InChI is InChI=1S/C13H12N4S2/c1-8-9(2)19-13-11(8)12(14-7-15-13)17-16-6-10-4-3-5-18-10/h3-7H,1-2H3,(H,14,15,17)/b16-6-. The third-order valence-corrected chi connectivity index (χ3v) is 4.79. The van der Waals surface area contributed by atoms with Crippen LogP contribution in [0.5, 0.6) is 0 Å². The van der Waals surface area contributed by atoms with Crippen LogP contribution in [0.2, 0.25) is 0 Å². The molecule has 3 aromatic rings. The second kappa shape index (κ2) is 5.07. The summed E-state index contributed by atoms with van der Waals surface area (Å²) in [6.07, 6.45) is 3.37. The summed E-state index contributed by atoms with van der Waals surface area (Å²) in [7, 11) is 0. The van der Waals surface area contributed by atoms with Crippen molar-refractivity contribution in [2.24, 2.45) is 5.10 Å². The molecule has 0 amide bonds. The predicted octanol–water partition coefficient (Wildman–Crippen LogP) is 3.82. The van der Waals surface area contributed by atoms with E-state index >= 15 is 0 Å². The van der Waals surface area contributed by atoms with Gasteiger partial charge in [0.1, 0.15) is 11.2 Å². The van der Waals surface area contributed by atoms with E-state index in [1.807, 2.05) is 17.5 Å². The second-order valence-corrected chi connectivity index (χ2v) is 6.25. The van der Waals surface area contributed by atoms with Crippen LogP contribution in [0, 0.1) is 13.8 Å². The van der Waals surface area contributed by atoms with Crippen molar-refractivity contribution in [3.8, 4) is 0 Å². The first-order valence-corrected chi connectivity index (χ1v) is 7.48. The third-order valence-electron chi connectivity index (χ3n) is 2.87. The van der Waals surface area contributed by atoms with E-state index in [4.69, 9.17) is 0 Å². The van der Waals surface area contributed by atoms with Crippen molar-refractivity contribution < 1.29 is 0 Å². The number of anilines is 1. The van der Waals surface area contributed by atoms with Gasteiger partial charge in [-0.25, -0.2) is 9.97 Å². The molecule has 0 atom stereocenters. The van der Waals surface area contributed by atoms with Crippen molar-refractivity contribution in [3.63, 3.8) is 0 Å². The summed E-state index contributed by atoms with van der Waals surface area (Å²) < 4.78 is 0. The van der Waals surface area contributed by atoms with Gasteiger partial charge in [-0.3, -0.25) is 5.43 Å². The lowest BCUT2D eigenvalue weighted by atomic mass is 10.2. The number of aromatic nitrogens is 2. The van der Waals surface area contributed by atoms with Crippen molar-refractivity contribution in [1.29, 1.82) is 0 Å². The molecule has 3 heterocycles. The molecule has 0 bridgehead atoms. The van der Waals surface area contributed by atoms with Gasteiger partial charge in [-0.1, -0.05) is 6.07 Å². The van der Waals surface area contributed by atoms with E-state index in [-0.39, 0.29) is 0 Å². The Labute approximate surface area is 118 Å². The molecule has 0 saturated carbocycles. The first-order chi connectivity index (χ1) is 9.25. The van der Waals surface area contributed by atoms with Gasteiger partial charge in [-0.15, -0.1) is 22.7 Å². The van der Waals surface area contributed by atoms with Crippen molar-refractivity contribution in [2.45, 2.75) is 13.8 Å². The van der Waals surface area contributed by atoms with Crippen LogP contribution >= 0.6 is 22.7 Å². The van der Waals surface area contributed by atoms with Crippen LogP contribution < -0.4 is 5.43 Å². The van der Waals surface area contributed by atoms with Gasteiger partial charge < -0.3 is 0 Å². The molecule has 0 fully saturated rings. The number of rotatable bonds is 3. The van der Waals surface area contributed by atoms with Gasteiger partial charge in [0.2, 0.25) is 0 Å². The van der Waals surface area contributed by atoms with Crippen molar-refractivity contribution >= 4 is 44.9 Å². The lowest BCUT2D eigenvalue weighted by Gasteiger charge is -2.01. The summed E-state index contributed by atoms with van der Waals surface area (Å²) in [6, 6.07) is 4.02. The van der Waals surface area contributed by atoms with Crippen LogP contribution in [0.25, 0.3) is 10.2 Å². The largest absolute Gasteiger partial charge is 0.261 e. The lowest BCUT2D eigenvalue weighted by Crippen LogP contribution is -1.94. The number of thiophene rings is 2. The van der Waals surface area contributed by atoms with Gasteiger partial charge >= 0.3 is 0 Å². The maximum Gasteiger partial charge on any atom is 0.158 e. The van der Waals surface area contributed by atoms with E-state index in [1.165, 1.54) is 10.4 Å². The summed E-state index contributed by atoms with van der Waals surface area (Å²) in [5.74, 6) is 0.764. The van der Waals surface area contributed by atoms with Gasteiger partial charge in [0.05, 0.1) is 11.6 Å². The monoisotopic (exact) mass is 288 g/mol. The Balaban J connectivity index is 1.93. The zero-order chi connectivity index (χ0) is 13.2. The fraction of sp³-hybridized carbons (Fsp3) is 0.154. The number of nitrogens with one attached hydrogen (secondary N) is 1. The molecular weight excluding hydrogens is 276 g/mol. The molecule has 4 nitrogen and oxygen atoms in total. The molecule has 0 aromatic carbocycles. The Bertz CT molecular complexity index is 729. The van der Waals surface area contributed by atoms with Crippen LogP contribution in [-0.2, 0) is 0 Å². The summed E-state index contributed by atoms with van der Waals surface area (Å²) >= 11 is 3.33. The molecular formula is C13H12N4S2. The average Bonchev–Trinajstić information content (AvgIpc) is 3.00. The van der Waals surface area contributed by atoms with Crippen molar-refractivity contribution in [2.75, 3.05) is 5.43 Å². The zero-order valence-corrected chi connectivity index (χ0v) is 12.2. The molecule has 96 valence electrons. The minimum absolute atomic E-state index is 0.764. The van der Waals surface area contributed by atoms with Crippen LogP contribution in [-0.4, -0.2) is 16.2 Å². The number of fused-ring (bicyclic) bond motifs is 1. The summed E-state index contributed by atoms with van der Waals surface area (Å²) in [6.45, 7) is 4.19. The highest BCUT2D eigenvalue weighted by Crippen LogP contribution is 2.32. The normalized spacial score (nSPS) is 11.5. The molecule has 6 heteroatoms. The maximum atomic E-state index is 4.30. The summed E-state index contributed by atoms with van der Waals surface area (Å²) in [5.41, 5.74) is 4.23. The van der Waals surface area contributed by atoms with Crippen LogP contribution in [0.1, 0.15) is 15.3 Å². The van der Waals surface area contributed by atoms with Gasteiger partial charge in [-0.05, 0) is 30.9 Å². The number of nitrogens with zero attached hydrogens (tertiary/aromatic N) is 3. The number of hydrogen-bond acceptors (Lipinski definition) is 6. The maximum absolute atomic E-state index is 4.30. The third kappa shape index (κ3) is 2.36. The predicted molar refractivity (Wildman–Crippen MR) is 82.4 cm³/mol. The van der Waals surface area contributed by atoms with Crippen LogP contribution in [0.4, 0.5) is 5.82 Å². The second-order valence-electron chi connectivity index (χ2n) is 4.07. The molecule has 0 aliphatic carbocycles. The zero-order valence-electron chi connectivity index (χ0n) is 10.5. The highest BCUT2D eigenvalue weighted by atomic mass is 32.1. The molecule has 0 radical (unpaired) electrons. The summed E-state index contributed by atoms with van der Waals surface area (Å²) in [5, 5.41) is 7.32. The smallest absolute Gasteiger partial charge is 0.158 e. The quantitative estimate of drug-likeness (QED) is 0.589. The number of hydrazone groups is 1. The SMILES string of the molecule is Cc1sc2ncnc(N/N=C\c3cccs3)c2c1C. The average molecular weight is 288 g/mol. The minimum Gasteiger partial charge on any atom is -0.261 e. The van der Waals surface area contributed by atoms with Gasteiger partial charge in [0.15, 0.2) is 5.82 Å². The number of aryl methyl sites for hydroxylation is 2. The van der Waals surface area contributed by atoms with E-state index in [0.717, 1.165) is 20.9 Å². The molecule has 0 aliphatic rings. The molecule has 0 unspecified atom stereocenters. The van der Waals surface area contributed by atoms with Crippen molar-refractivity contribution in [3.05, 3.63) is 39.2 Å². The first-order valence-electron chi connectivity index (χ1n) is 5.79. The minimum atomic E-state index is 0.764. The molecule has 19 heavy (non-hydrogen) atoms. The Morgan fingerprint density at radius 1 is 1.32 bits per heavy atom. The molecule has 1 N–H and O–H groups in total. The van der Waals surface area contributed by atoms with E-state index in [1.54, 1.807) is 35.2 Å². The molecule has 0 saturated heterocycles. The first kappa shape index (κ1) is 12.3. The Hall–Kier alpha value is -1.79. The van der Waals surface area contributed by atoms with Crippen LogP contribution in [0.3, 0.4) is 0 Å². The molecule has 0 spiro atoms. The Kier molecular flexibility index (Phi) is 3.27. The number of hydrogen-bond donors (Lipinski definition) is 1. The highest BCUT2D eigenvalue weighted by molar-refractivity contribution is 7.18. The van der Waals surface area contributed by atoms with E-state index in [0.29, 0.717) is 0 Å². The van der Waals surface area contributed by atoms with E-state index < -0.39 is 0 Å². The van der Waals surface area contributed by atoms with E-state index in [9.17, 15) is 0 Å². The van der Waals surface area contributed by atoms with Gasteiger partial charge in [0.25, 0.3) is 0 Å². The van der Waals surface area contributed by atoms with Crippen molar-refractivity contribution in [1.82, 2.24) is 9.97 Å². The summed E-state index contributed by atoms with van der Waals surface area (Å²) in [4.78, 5) is 11.9. The van der Waals surface area contributed by atoms with Gasteiger partial charge in [0, 0.05) is 9.75 Å². The fourth-order valence-corrected chi connectivity index (χ4v) is 3.37. The Morgan fingerprint density at radius 3 is 3.00 bits per heavy atom. The molecule has 0 aliphatic heterocycles. The van der Waals surface area contributed by atoms with Crippen LogP contribution in [0.15, 0.2) is 28.9 Å².